The van der Waals surface area contributed by atoms with Crippen molar-refractivity contribution in [3.63, 3.8) is 0 Å². The molecule has 0 aliphatic heterocycles. The average molecular weight is 465 g/mol. The summed E-state index contributed by atoms with van der Waals surface area (Å²) in [5.74, 6) is -0.419. The summed E-state index contributed by atoms with van der Waals surface area (Å²) in [5.41, 5.74) is 4.87. The third kappa shape index (κ3) is 3.35. The summed E-state index contributed by atoms with van der Waals surface area (Å²) in [6, 6.07) is 21.2. The summed E-state index contributed by atoms with van der Waals surface area (Å²) in [6.07, 6.45) is -0.225. The second kappa shape index (κ2) is 7.92. The summed E-state index contributed by atoms with van der Waals surface area (Å²) in [7, 11) is 0. The van der Waals surface area contributed by atoms with Gasteiger partial charge in [-0.1, -0.05) is 60.7 Å². The van der Waals surface area contributed by atoms with Gasteiger partial charge in [-0.15, -0.1) is 0 Å². The average Bonchev–Trinajstić information content (AvgIpc) is 3.38. The fourth-order valence-corrected chi connectivity index (χ4v) is 5.17. The molecule has 0 fully saturated rings. The smallest absolute Gasteiger partial charge is 0.274 e. The Kier molecular flexibility index (Phi) is 4.82. The van der Waals surface area contributed by atoms with Gasteiger partial charge in [0.2, 0.25) is 0 Å². The van der Waals surface area contributed by atoms with E-state index >= 15 is 0 Å². The maximum absolute atomic E-state index is 13.3. The van der Waals surface area contributed by atoms with Crippen molar-refractivity contribution in [2.45, 2.75) is 32.4 Å². The summed E-state index contributed by atoms with van der Waals surface area (Å²) in [4.78, 5) is 29.4. The SMILES string of the molecule is Cc1c(C(=O)N[C@H]2c3ccccc3C[C@H]2O)nn2c(C)c(-c3ccc4ccccc4c3)[nH]c(=O)c12. The Morgan fingerprint density at radius 2 is 1.80 bits per heavy atom. The summed E-state index contributed by atoms with van der Waals surface area (Å²) >= 11 is 0. The highest BCUT2D eigenvalue weighted by molar-refractivity contribution is 5.96. The van der Waals surface area contributed by atoms with Crippen LogP contribution in [0.2, 0.25) is 0 Å². The number of H-pyrrole nitrogens is 1. The number of benzene rings is 3. The number of fused-ring (bicyclic) bond motifs is 3. The minimum absolute atomic E-state index is 0.172. The summed E-state index contributed by atoms with van der Waals surface area (Å²) in [5, 5.41) is 20.2. The molecule has 6 rings (SSSR count). The minimum atomic E-state index is -0.710. The zero-order valence-electron chi connectivity index (χ0n) is 19.4. The van der Waals surface area contributed by atoms with Gasteiger partial charge in [0.05, 0.1) is 23.5 Å². The highest BCUT2D eigenvalue weighted by Gasteiger charge is 2.33. The lowest BCUT2D eigenvalue weighted by Crippen LogP contribution is -2.34. The zero-order chi connectivity index (χ0) is 24.3. The molecule has 0 spiro atoms. The number of rotatable bonds is 3. The predicted octanol–water partition coefficient (Wildman–Crippen LogP) is 3.85. The van der Waals surface area contributed by atoms with Crippen molar-refractivity contribution in [3.05, 3.63) is 105 Å². The number of aryl methyl sites for hydroxylation is 2. The van der Waals surface area contributed by atoms with Crippen molar-refractivity contribution >= 4 is 22.2 Å². The molecule has 2 heterocycles. The lowest BCUT2D eigenvalue weighted by molar-refractivity contribution is 0.0852. The Morgan fingerprint density at radius 3 is 2.63 bits per heavy atom. The first kappa shape index (κ1) is 21.3. The molecule has 1 aliphatic rings. The normalized spacial score (nSPS) is 17.1. The van der Waals surface area contributed by atoms with Gasteiger partial charge in [0.15, 0.2) is 5.69 Å². The predicted molar refractivity (Wildman–Crippen MR) is 135 cm³/mol. The van der Waals surface area contributed by atoms with Crippen LogP contribution in [0.1, 0.15) is 38.9 Å². The first-order valence-electron chi connectivity index (χ1n) is 11.6. The number of carbonyl (C=O) groups excluding carboxylic acids is 1. The van der Waals surface area contributed by atoms with Crippen molar-refractivity contribution < 1.29 is 9.90 Å². The molecule has 1 amide bonds. The van der Waals surface area contributed by atoms with Crippen LogP contribution < -0.4 is 10.9 Å². The van der Waals surface area contributed by atoms with Crippen LogP contribution in [0.25, 0.3) is 27.5 Å². The maximum atomic E-state index is 13.3. The van der Waals surface area contributed by atoms with Gasteiger partial charge in [0, 0.05) is 17.5 Å². The fourth-order valence-electron chi connectivity index (χ4n) is 5.17. The van der Waals surface area contributed by atoms with Gasteiger partial charge in [0.25, 0.3) is 11.5 Å². The van der Waals surface area contributed by atoms with E-state index in [0.717, 1.165) is 33.2 Å². The Labute approximate surface area is 201 Å². The van der Waals surface area contributed by atoms with Crippen molar-refractivity contribution in [3.8, 4) is 11.3 Å². The molecule has 0 radical (unpaired) electrons. The van der Waals surface area contributed by atoms with Crippen LogP contribution in [0.15, 0.2) is 71.5 Å². The number of nitrogens with zero attached hydrogens (tertiary/aromatic N) is 2. The molecule has 3 aromatic carbocycles. The largest absolute Gasteiger partial charge is 0.390 e. The third-order valence-electron chi connectivity index (χ3n) is 7.00. The molecule has 0 unspecified atom stereocenters. The first-order chi connectivity index (χ1) is 16.9. The molecule has 1 aliphatic carbocycles. The molecule has 0 bridgehead atoms. The van der Waals surface area contributed by atoms with E-state index in [9.17, 15) is 14.7 Å². The summed E-state index contributed by atoms with van der Waals surface area (Å²) in [6.45, 7) is 3.60. The molecule has 174 valence electrons. The Hall–Kier alpha value is -4.23. The Balaban J connectivity index is 1.41. The number of hydrogen-bond acceptors (Lipinski definition) is 4. The van der Waals surface area contributed by atoms with Crippen LogP contribution in [-0.2, 0) is 6.42 Å². The van der Waals surface area contributed by atoms with Crippen LogP contribution in [0.3, 0.4) is 0 Å². The van der Waals surface area contributed by atoms with Crippen molar-refractivity contribution in [1.82, 2.24) is 19.9 Å². The first-order valence-corrected chi connectivity index (χ1v) is 11.6. The van der Waals surface area contributed by atoms with Crippen LogP contribution in [0, 0.1) is 13.8 Å². The van der Waals surface area contributed by atoms with E-state index in [1.54, 1.807) is 11.4 Å². The van der Waals surface area contributed by atoms with Gasteiger partial charge < -0.3 is 15.4 Å². The molecular formula is C28H24N4O3. The summed E-state index contributed by atoms with van der Waals surface area (Å²) < 4.78 is 1.55. The van der Waals surface area contributed by atoms with Gasteiger partial charge in [-0.25, -0.2) is 4.52 Å². The van der Waals surface area contributed by atoms with Gasteiger partial charge in [-0.05, 0) is 41.8 Å². The van der Waals surface area contributed by atoms with Crippen LogP contribution >= 0.6 is 0 Å². The molecule has 0 saturated carbocycles. The number of aliphatic hydroxyl groups excluding tert-OH is 1. The molecule has 5 aromatic rings. The Morgan fingerprint density at radius 1 is 1.06 bits per heavy atom. The van der Waals surface area contributed by atoms with Gasteiger partial charge in [0.1, 0.15) is 5.52 Å². The second-order valence-corrected chi connectivity index (χ2v) is 9.13. The molecule has 0 saturated heterocycles. The van der Waals surface area contributed by atoms with Crippen molar-refractivity contribution in [1.29, 1.82) is 0 Å². The molecular weight excluding hydrogens is 440 g/mol. The number of aromatic nitrogens is 3. The molecule has 3 N–H and O–H groups in total. The lowest BCUT2D eigenvalue weighted by atomic mass is 10.0. The van der Waals surface area contributed by atoms with E-state index in [1.165, 1.54) is 0 Å². The fraction of sp³-hybridized carbons (Fsp3) is 0.179. The molecule has 7 nitrogen and oxygen atoms in total. The number of amides is 1. The maximum Gasteiger partial charge on any atom is 0.274 e. The number of nitrogens with one attached hydrogen (secondary N) is 2. The van der Waals surface area contributed by atoms with E-state index in [1.807, 2.05) is 73.7 Å². The minimum Gasteiger partial charge on any atom is -0.390 e. The molecule has 2 aromatic heterocycles. The van der Waals surface area contributed by atoms with Gasteiger partial charge in [-0.3, -0.25) is 9.59 Å². The third-order valence-corrected chi connectivity index (χ3v) is 7.00. The molecule has 2 atom stereocenters. The Bertz CT molecular complexity index is 1700. The monoisotopic (exact) mass is 464 g/mol. The number of aliphatic hydroxyl groups is 1. The quantitative estimate of drug-likeness (QED) is 0.378. The van der Waals surface area contributed by atoms with E-state index in [-0.39, 0.29) is 11.3 Å². The van der Waals surface area contributed by atoms with Gasteiger partial charge in [-0.2, -0.15) is 5.10 Å². The van der Waals surface area contributed by atoms with Crippen LogP contribution in [0.5, 0.6) is 0 Å². The zero-order valence-corrected chi connectivity index (χ0v) is 19.4. The number of carbonyl (C=O) groups is 1. The standard InChI is InChI=1S/C28H24N4O3/c1-15-23(27(34)30-25-21-10-6-5-9-19(21)14-22(25)33)31-32-16(2)24(29-28(35)26(15)32)20-12-11-17-7-3-4-8-18(17)13-20/h3-13,22,25,33H,14H2,1-2H3,(H,29,35)(H,30,34)/t22-,25+/m1/s1. The lowest BCUT2D eigenvalue weighted by Gasteiger charge is -2.17. The van der Waals surface area contributed by atoms with Crippen LogP contribution in [-0.4, -0.2) is 31.7 Å². The second-order valence-electron chi connectivity index (χ2n) is 9.13. The topological polar surface area (TPSA) is 99.5 Å². The van der Waals surface area contributed by atoms with Crippen molar-refractivity contribution in [2.24, 2.45) is 0 Å². The number of aromatic amines is 1. The van der Waals surface area contributed by atoms with Gasteiger partial charge >= 0.3 is 0 Å². The van der Waals surface area contributed by atoms with Crippen LogP contribution in [0.4, 0.5) is 0 Å². The van der Waals surface area contributed by atoms with E-state index in [0.29, 0.717) is 23.2 Å². The van der Waals surface area contributed by atoms with E-state index in [4.69, 9.17) is 0 Å². The van der Waals surface area contributed by atoms with Crippen molar-refractivity contribution in [2.75, 3.05) is 0 Å². The van der Waals surface area contributed by atoms with E-state index < -0.39 is 18.1 Å². The molecule has 35 heavy (non-hydrogen) atoms. The van der Waals surface area contributed by atoms with E-state index in [2.05, 4.69) is 15.4 Å². The molecule has 7 heteroatoms. The highest BCUT2D eigenvalue weighted by atomic mass is 16.3. The number of hydrogen-bond donors (Lipinski definition) is 3. The highest BCUT2D eigenvalue weighted by Crippen LogP contribution is 2.32.